The fourth-order valence-electron chi connectivity index (χ4n) is 3.51. The van der Waals surface area contributed by atoms with Crippen molar-refractivity contribution in [2.24, 2.45) is 0 Å². The lowest BCUT2D eigenvalue weighted by atomic mass is 10.1. The van der Waals surface area contributed by atoms with Gasteiger partial charge in [-0.05, 0) is 24.6 Å². The number of piperazine rings is 1. The topological polar surface area (TPSA) is 63.6 Å². The lowest BCUT2D eigenvalue weighted by Crippen LogP contribution is -2.47. The van der Waals surface area contributed by atoms with Gasteiger partial charge in [0.1, 0.15) is 17.3 Å². The maximum absolute atomic E-state index is 5.55. The van der Waals surface area contributed by atoms with Crippen molar-refractivity contribution in [1.29, 1.82) is 0 Å². The van der Waals surface area contributed by atoms with Crippen molar-refractivity contribution < 1.29 is 9.47 Å². The highest BCUT2D eigenvalue weighted by Gasteiger charge is 2.21. The highest BCUT2D eigenvalue weighted by Crippen LogP contribution is 2.34. The van der Waals surface area contributed by atoms with Crippen LogP contribution >= 0.6 is 0 Å². The Balaban J connectivity index is 1.61. The lowest BCUT2D eigenvalue weighted by molar-refractivity contribution is 0.397. The van der Waals surface area contributed by atoms with Gasteiger partial charge in [0.15, 0.2) is 0 Å². The molecule has 1 saturated heterocycles. The third kappa shape index (κ3) is 3.32. The monoisotopic (exact) mass is 365 g/mol. The maximum Gasteiger partial charge on any atom is 0.225 e. The third-order valence-electron chi connectivity index (χ3n) is 4.92. The van der Waals surface area contributed by atoms with E-state index in [1.54, 1.807) is 26.6 Å². The minimum atomic E-state index is 0.745. The van der Waals surface area contributed by atoms with Crippen LogP contribution in [0, 0.1) is 6.92 Å². The van der Waals surface area contributed by atoms with E-state index >= 15 is 0 Å². The first-order valence-corrected chi connectivity index (χ1v) is 9.00. The second-order valence-electron chi connectivity index (χ2n) is 6.54. The van der Waals surface area contributed by atoms with E-state index in [-0.39, 0.29) is 0 Å². The zero-order chi connectivity index (χ0) is 18.8. The van der Waals surface area contributed by atoms with Crippen molar-refractivity contribution >= 4 is 22.7 Å². The summed E-state index contributed by atoms with van der Waals surface area (Å²) in [6.45, 7) is 5.57. The molecular formula is C20H23N5O2. The molecule has 0 aliphatic carbocycles. The first-order valence-electron chi connectivity index (χ1n) is 9.00. The lowest BCUT2D eigenvalue weighted by Gasteiger charge is -2.35. The van der Waals surface area contributed by atoms with Crippen LogP contribution in [0.25, 0.3) is 10.9 Å². The molecule has 0 spiro atoms. The molecule has 0 bridgehead atoms. The molecule has 27 heavy (non-hydrogen) atoms. The fourth-order valence-corrected chi connectivity index (χ4v) is 3.51. The smallest absolute Gasteiger partial charge is 0.225 e. The van der Waals surface area contributed by atoms with E-state index < -0.39 is 0 Å². The number of aryl methyl sites for hydroxylation is 1. The number of hydrogen-bond donors (Lipinski definition) is 0. The number of ether oxygens (including phenoxy) is 2. The Labute approximate surface area is 158 Å². The maximum atomic E-state index is 5.55. The summed E-state index contributed by atoms with van der Waals surface area (Å²) >= 11 is 0. The molecular weight excluding hydrogens is 342 g/mol. The number of benzene rings is 1. The van der Waals surface area contributed by atoms with Crippen LogP contribution < -0.4 is 19.3 Å². The van der Waals surface area contributed by atoms with Gasteiger partial charge in [0.25, 0.3) is 0 Å². The molecule has 0 atom stereocenters. The van der Waals surface area contributed by atoms with E-state index in [4.69, 9.17) is 14.5 Å². The summed E-state index contributed by atoms with van der Waals surface area (Å²) in [4.78, 5) is 18.1. The Kier molecular flexibility index (Phi) is 4.66. The zero-order valence-electron chi connectivity index (χ0n) is 15.8. The number of fused-ring (bicyclic) bond motifs is 1. The Morgan fingerprint density at radius 2 is 1.59 bits per heavy atom. The van der Waals surface area contributed by atoms with Crippen molar-refractivity contribution in [3.05, 3.63) is 42.2 Å². The minimum absolute atomic E-state index is 0.745. The van der Waals surface area contributed by atoms with Gasteiger partial charge in [-0.2, -0.15) is 0 Å². The summed E-state index contributed by atoms with van der Waals surface area (Å²) in [6, 6.07) is 7.83. The van der Waals surface area contributed by atoms with Crippen LogP contribution in [-0.4, -0.2) is 55.4 Å². The highest BCUT2D eigenvalue weighted by molar-refractivity contribution is 5.91. The number of pyridine rings is 1. The van der Waals surface area contributed by atoms with Crippen LogP contribution in [0.5, 0.6) is 11.5 Å². The van der Waals surface area contributed by atoms with Crippen LogP contribution in [0.2, 0.25) is 0 Å². The number of methoxy groups -OCH3 is 2. The Morgan fingerprint density at radius 1 is 0.889 bits per heavy atom. The molecule has 3 aromatic rings. The fraction of sp³-hybridized carbons (Fsp3) is 0.350. The van der Waals surface area contributed by atoms with Gasteiger partial charge in [0, 0.05) is 56.1 Å². The number of hydrogen-bond acceptors (Lipinski definition) is 7. The minimum Gasteiger partial charge on any atom is -0.497 e. The predicted molar refractivity (Wildman–Crippen MR) is 106 cm³/mol. The second kappa shape index (κ2) is 7.26. The Bertz CT molecular complexity index is 940. The van der Waals surface area contributed by atoms with Gasteiger partial charge in [0.05, 0.1) is 19.7 Å². The molecule has 7 heteroatoms. The summed E-state index contributed by atoms with van der Waals surface area (Å²) < 4.78 is 10.9. The van der Waals surface area contributed by atoms with E-state index in [2.05, 4.69) is 32.8 Å². The molecule has 1 aromatic carbocycles. The molecule has 0 N–H and O–H groups in total. The molecule has 3 heterocycles. The molecule has 4 rings (SSSR count). The largest absolute Gasteiger partial charge is 0.497 e. The molecule has 2 aromatic heterocycles. The van der Waals surface area contributed by atoms with E-state index in [1.165, 1.54) is 0 Å². The first-order chi connectivity index (χ1) is 13.2. The number of anilines is 2. The second-order valence-corrected chi connectivity index (χ2v) is 6.54. The molecule has 0 amide bonds. The van der Waals surface area contributed by atoms with E-state index in [0.717, 1.165) is 65.9 Å². The van der Waals surface area contributed by atoms with Gasteiger partial charge in [-0.25, -0.2) is 15.0 Å². The number of aromatic nitrogens is 3. The SMILES string of the molecule is COc1cc(OC)c2c(C)cc(N3CCN(c4ncccn4)CC3)nc2c1. The Morgan fingerprint density at radius 3 is 2.26 bits per heavy atom. The number of rotatable bonds is 4. The van der Waals surface area contributed by atoms with Crippen molar-refractivity contribution in [2.45, 2.75) is 6.92 Å². The van der Waals surface area contributed by atoms with Gasteiger partial charge < -0.3 is 19.3 Å². The summed E-state index contributed by atoms with van der Waals surface area (Å²) in [7, 11) is 3.33. The van der Waals surface area contributed by atoms with Crippen LogP contribution in [-0.2, 0) is 0 Å². The molecule has 1 aliphatic heterocycles. The van der Waals surface area contributed by atoms with Gasteiger partial charge in [-0.1, -0.05) is 0 Å². The molecule has 1 aliphatic rings. The van der Waals surface area contributed by atoms with Crippen molar-refractivity contribution in [2.75, 3.05) is 50.2 Å². The van der Waals surface area contributed by atoms with Gasteiger partial charge in [-0.3, -0.25) is 0 Å². The average molecular weight is 365 g/mol. The standard InChI is InChI=1S/C20H23N5O2/c1-14-11-18(23-16-12-15(26-2)13-17(27-3)19(14)16)24-7-9-25(10-8-24)20-21-5-4-6-22-20/h4-6,11-13H,7-10H2,1-3H3. The first kappa shape index (κ1) is 17.3. The molecule has 1 fully saturated rings. The molecule has 140 valence electrons. The van der Waals surface area contributed by atoms with E-state index in [1.807, 2.05) is 18.2 Å². The molecule has 7 nitrogen and oxygen atoms in total. The van der Waals surface area contributed by atoms with Crippen LogP contribution in [0.3, 0.4) is 0 Å². The van der Waals surface area contributed by atoms with Crippen molar-refractivity contribution in [1.82, 2.24) is 15.0 Å². The van der Waals surface area contributed by atoms with Gasteiger partial charge >= 0.3 is 0 Å². The van der Waals surface area contributed by atoms with E-state index in [0.29, 0.717) is 0 Å². The number of nitrogens with zero attached hydrogens (tertiary/aromatic N) is 5. The highest BCUT2D eigenvalue weighted by atomic mass is 16.5. The summed E-state index contributed by atoms with van der Waals surface area (Å²) in [5.41, 5.74) is 2.03. The Hall–Kier alpha value is -3.09. The van der Waals surface area contributed by atoms with Crippen LogP contribution in [0.15, 0.2) is 36.7 Å². The summed E-state index contributed by atoms with van der Waals surface area (Å²) in [5.74, 6) is 3.29. The van der Waals surface area contributed by atoms with Gasteiger partial charge in [-0.15, -0.1) is 0 Å². The van der Waals surface area contributed by atoms with Crippen molar-refractivity contribution in [3.63, 3.8) is 0 Å². The summed E-state index contributed by atoms with van der Waals surface area (Å²) in [5, 5.41) is 1.03. The van der Waals surface area contributed by atoms with Crippen LogP contribution in [0.1, 0.15) is 5.56 Å². The average Bonchev–Trinajstić information content (AvgIpc) is 2.73. The molecule has 0 radical (unpaired) electrons. The molecule has 0 unspecified atom stereocenters. The third-order valence-corrected chi connectivity index (χ3v) is 4.92. The van der Waals surface area contributed by atoms with Crippen LogP contribution in [0.4, 0.5) is 11.8 Å². The predicted octanol–water partition coefficient (Wildman–Crippen LogP) is 2.68. The van der Waals surface area contributed by atoms with E-state index in [9.17, 15) is 0 Å². The normalized spacial score (nSPS) is 14.5. The summed E-state index contributed by atoms with van der Waals surface area (Å²) in [6.07, 6.45) is 3.56. The quantitative estimate of drug-likeness (QED) is 0.704. The van der Waals surface area contributed by atoms with Gasteiger partial charge in [0.2, 0.25) is 5.95 Å². The van der Waals surface area contributed by atoms with Crippen molar-refractivity contribution in [3.8, 4) is 11.5 Å². The zero-order valence-corrected chi connectivity index (χ0v) is 15.8. The molecule has 0 saturated carbocycles.